The number of fused-ring (bicyclic) bond motifs is 6. The van der Waals surface area contributed by atoms with E-state index >= 15 is 0 Å². The lowest BCUT2D eigenvalue weighted by Crippen LogP contribution is -1.85. The van der Waals surface area contributed by atoms with E-state index in [1.807, 2.05) is 0 Å². The molecule has 0 aromatic heterocycles. The van der Waals surface area contributed by atoms with Crippen LogP contribution in [0.25, 0.3) is 32.3 Å². The molecule has 0 nitrogen and oxygen atoms in total. The zero-order valence-corrected chi connectivity index (χ0v) is 12.7. The van der Waals surface area contributed by atoms with Crippen molar-refractivity contribution < 1.29 is 0 Å². The van der Waals surface area contributed by atoms with Crippen molar-refractivity contribution in [2.45, 2.75) is 6.92 Å². The molecule has 0 aliphatic heterocycles. The van der Waals surface area contributed by atoms with Crippen molar-refractivity contribution in [1.82, 2.24) is 0 Å². The molecule has 0 N–H and O–H groups in total. The predicted molar refractivity (Wildman–Crippen MR) is 91.4 cm³/mol. The molecular weight excluding hydrogens is 308 g/mol. The van der Waals surface area contributed by atoms with Gasteiger partial charge >= 0.3 is 0 Å². The smallest absolute Gasteiger partial charge is 0.0262 e. The second-order valence-electron chi connectivity index (χ2n) is 5.26. The van der Waals surface area contributed by atoms with E-state index in [0.717, 1.165) is 0 Å². The van der Waals surface area contributed by atoms with Crippen LogP contribution >= 0.6 is 15.9 Å². The van der Waals surface area contributed by atoms with Gasteiger partial charge in [0.2, 0.25) is 0 Å². The van der Waals surface area contributed by atoms with Crippen LogP contribution in [0.1, 0.15) is 5.56 Å². The fraction of sp³-hybridized carbons (Fsp3) is 0.0526. The molecule has 0 aliphatic carbocycles. The molecule has 0 unspecified atom stereocenters. The zero-order valence-electron chi connectivity index (χ0n) is 11.2. The maximum atomic E-state index is 3.75. The third kappa shape index (κ3) is 1.60. The van der Waals surface area contributed by atoms with E-state index < -0.39 is 0 Å². The molecule has 0 atom stereocenters. The quantitative estimate of drug-likeness (QED) is 0.337. The number of hydrogen-bond donors (Lipinski definition) is 0. The van der Waals surface area contributed by atoms with Crippen LogP contribution in [-0.4, -0.2) is 0 Å². The molecular formula is C19H13Br. The minimum atomic E-state index is 1.18. The van der Waals surface area contributed by atoms with Crippen molar-refractivity contribution in [3.8, 4) is 0 Å². The van der Waals surface area contributed by atoms with Gasteiger partial charge in [-0.3, -0.25) is 0 Å². The van der Waals surface area contributed by atoms with Crippen molar-refractivity contribution >= 4 is 48.2 Å². The first-order chi connectivity index (χ1) is 9.75. The molecule has 0 radical (unpaired) electrons. The average Bonchev–Trinajstić information content (AvgIpc) is 2.47. The average molecular weight is 321 g/mol. The number of benzene rings is 4. The lowest BCUT2D eigenvalue weighted by Gasteiger charge is -2.12. The van der Waals surface area contributed by atoms with Crippen LogP contribution in [0.15, 0.2) is 65.1 Å². The van der Waals surface area contributed by atoms with Gasteiger partial charge in [-0.2, -0.15) is 0 Å². The molecule has 96 valence electrons. The minimum absolute atomic E-state index is 1.18. The van der Waals surface area contributed by atoms with Crippen LogP contribution in [0.2, 0.25) is 0 Å². The molecule has 4 aromatic rings. The lowest BCUT2D eigenvalue weighted by atomic mass is 9.93. The summed E-state index contributed by atoms with van der Waals surface area (Å²) < 4.78 is 1.18. The van der Waals surface area contributed by atoms with Gasteiger partial charge in [-0.05, 0) is 45.5 Å². The molecule has 1 heteroatoms. The molecule has 0 aliphatic rings. The number of halogens is 1. The van der Waals surface area contributed by atoms with Crippen LogP contribution in [-0.2, 0) is 0 Å². The summed E-state index contributed by atoms with van der Waals surface area (Å²) in [5.74, 6) is 0. The minimum Gasteiger partial charge on any atom is -0.0616 e. The van der Waals surface area contributed by atoms with Gasteiger partial charge in [-0.25, -0.2) is 0 Å². The topological polar surface area (TPSA) is 0 Å². The summed E-state index contributed by atoms with van der Waals surface area (Å²) in [6, 6.07) is 21.8. The summed E-state index contributed by atoms with van der Waals surface area (Å²) in [6.45, 7) is 2.15. The number of aryl methyl sites for hydroxylation is 1. The molecule has 0 amide bonds. The van der Waals surface area contributed by atoms with Crippen molar-refractivity contribution in [2.24, 2.45) is 0 Å². The van der Waals surface area contributed by atoms with Gasteiger partial charge in [0.15, 0.2) is 0 Å². The van der Waals surface area contributed by atoms with E-state index in [1.54, 1.807) is 0 Å². The van der Waals surface area contributed by atoms with Gasteiger partial charge in [0.1, 0.15) is 0 Å². The lowest BCUT2D eigenvalue weighted by molar-refractivity contribution is 1.50. The van der Waals surface area contributed by atoms with Gasteiger partial charge in [-0.1, -0.05) is 70.5 Å². The highest BCUT2D eigenvalue weighted by Crippen LogP contribution is 2.38. The Morgan fingerprint density at radius 3 is 1.80 bits per heavy atom. The largest absolute Gasteiger partial charge is 0.0616 e. The maximum Gasteiger partial charge on any atom is 0.0262 e. The highest BCUT2D eigenvalue weighted by Gasteiger charge is 2.10. The standard InChI is InChI=1S/C19H13Br/c1-12-10-17-15-8-3-2-6-13(15)14-7-4-5-9-16(14)19(17)18(20)11-12/h2-11H,1H3. The van der Waals surface area contributed by atoms with E-state index in [0.29, 0.717) is 0 Å². The predicted octanol–water partition coefficient (Wildman–Crippen LogP) is 6.22. The molecule has 0 heterocycles. The molecule has 0 saturated heterocycles. The summed E-state index contributed by atoms with van der Waals surface area (Å²) in [6.07, 6.45) is 0. The third-order valence-electron chi connectivity index (χ3n) is 3.94. The summed E-state index contributed by atoms with van der Waals surface area (Å²) in [5, 5.41) is 7.92. The van der Waals surface area contributed by atoms with Crippen molar-refractivity contribution in [3.63, 3.8) is 0 Å². The SMILES string of the molecule is Cc1cc(Br)c2c3ccccc3c3ccccc3c2c1. The Kier molecular flexibility index (Phi) is 2.58. The second kappa shape index (κ2) is 4.32. The maximum absolute atomic E-state index is 3.75. The first-order valence-corrected chi connectivity index (χ1v) is 7.54. The first-order valence-electron chi connectivity index (χ1n) is 6.75. The summed E-state index contributed by atoms with van der Waals surface area (Å²) >= 11 is 3.75. The summed E-state index contributed by atoms with van der Waals surface area (Å²) in [7, 11) is 0. The molecule has 0 saturated carbocycles. The highest BCUT2D eigenvalue weighted by molar-refractivity contribution is 9.10. The third-order valence-corrected chi connectivity index (χ3v) is 4.56. The Hall–Kier alpha value is -1.86. The normalized spacial score (nSPS) is 11.5. The molecule has 4 rings (SSSR count). The fourth-order valence-electron chi connectivity index (χ4n) is 3.12. The van der Waals surface area contributed by atoms with Crippen LogP contribution in [0.4, 0.5) is 0 Å². The molecule has 0 fully saturated rings. The number of hydrogen-bond acceptors (Lipinski definition) is 0. The fourth-order valence-corrected chi connectivity index (χ4v) is 3.91. The summed E-state index contributed by atoms with van der Waals surface area (Å²) in [5.41, 5.74) is 1.28. The van der Waals surface area contributed by atoms with E-state index in [-0.39, 0.29) is 0 Å². The van der Waals surface area contributed by atoms with Crippen molar-refractivity contribution in [1.29, 1.82) is 0 Å². The molecule has 20 heavy (non-hydrogen) atoms. The Labute approximate surface area is 126 Å². The van der Waals surface area contributed by atoms with E-state index in [1.165, 1.54) is 42.4 Å². The van der Waals surface area contributed by atoms with Crippen LogP contribution in [0, 0.1) is 6.92 Å². The molecule has 0 bridgehead atoms. The van der Waals surface area contributed by atoms with Crippen LogP contribution < -0.4 is 0 Å². The Balaban J connectivity index is 2.46. The van der Waals surface area contributed by atoms with Gasteiger partial charge in [-0.15, -0.1) is 0 Å². The molecule has 0 spiro atoms. The van der Waals surface area contributed by atoms with Crippen LogP contribution in [0.3, 0.4) is 0 Å². The monoisotopic (exact) mass is 320 g/mol. The van der Waals surface area contributed by atoms with Gasteiger partial charge in [0.25, 0.3) is 0 Å². The Bertz CT molecular complexity index is 967. The van der Waals surface area contributed by atoms with Gasteiger partial charge in [0.05, 0.1) is 0 Å². The van der Waals surface area contributed by atoms with E-state index in [2.05, 4.69) is 83.5 Å². The Morgan fingerprint density at radius 2 is 1.15 bits per heavy atom. The zero-order chi connectivity index (χ0) is 13.7. The number of rotatable bonds is 0. The van der Waals surface area contributed by atoms with Crippen LogP contribution in [0.5, 0.6) is 0 Å². The summed E-state index contributed by atoms with van der Waals surface area (Å²) in [4.78, 5) is 0. The second-order valence-corrected chi connectivity index (χ2v) is 6.11. The van der Waals surface area contributed by atoms with Gasteiger partial charge < -0.3 is 0 Å². The highest BCUT2D eigenvalue weighted by atomic mass is 79.9. The van der Waals surface area contributed by atoms with Gasteiger partial charge in [0, 0.05) is 9.86 Å². The molecule has 4 aromatic carbocycles. The first kappa shape index (κ1) is 11.9. The van der Waals surface area contributed by atoms with Crippen molar-refractivity contribution in [3.05, 3.63) is 70.7 Å². The van der Waals surface area contributed by atoms with Crippen molar-refractivity contribution in [2.75, 3.05) is 0 Å². The Morgan fingerprint density at radius 1 is 0.650 bits per heavy atom. The van der Waals surface area contributed by atoms with E-state index in [9.17, 15) is 0 Å². The van der Waals surface area contributed by atoms with E-state index in [4.69, 9.17) is 0 Å².